The lowest BCUT2D eigenvalue weighted by molar-refractivity contribution is -0.138. The summed E-state index contributed by atoms with van der Waals surface area (Å²) in [7, 11) is -1.28. The number of hydrogen-bond donors (Lipinski definition) is 4. The van der Waals surface area contributed by atoms with Crippen molar-refractivity contribution in [1.82, 2.24) is 0 Å². The maximum absolute atomic E-state index is 10.7. The third-order valence-electron chi connectivity index (χ3n) is 3.37. The molecule has 6 heteroatoms. The Morgan fingerprint density at radius 1 is 1.50 bits per heavy atom. The van der Waals surface area contributed by atoms with Crippen LogP contribution in [0, 0.1) is 0 Å². The van der Waals surface area contributed by atoms with E-state index >= 15 is 0 Å². The minimum absolute atomic E-state index is 0.103. The normalized spacial score (nSPS) is 23.5. The first-order chi connectivity index (χ1) is 8.49. The number of nitrogens with two attached hydrogens (primary N) is 1. The SMILES string of the molecule is N[C@@H](Cc1cccc(C2CC2B(O)O)c1)C(=O)O. The van der Waals surface area contributed by atoms with Crippen molar-refractivity contribution in [2.24, 2.45) is 5.73 Å². The summed E-state index contributed by atoms with van der Waals surface area (Å²) < 4.78 is 0. The molecule has 1 saturated carbocycles. The molecule has 3 atom stereocenters. The predicted octanol–water partition coefficient (Wildman–Crippen LogP) is -0.0287. The lowest BCUT2D eigenvalue weighted by Gasteiger charge is -2.08. The van der Waals surface area contributed by atoms with E-state index in [0.717, 1.165) is 17.5 Å². The minimum atomic E-state index is -1.28. The second-order valence-electron chi connectivity index (χ2n) is 4.81. The highest BCUT2D eigenvalue weighted by Gasteiger charge is 2.46. The van der Waals surface area contributed by atoms with Crippen LogP contribution in [-0.2, 0) is 11.2 Å². The summed E-state index contributed by atoms with van der Waals surface area (Å²) in [5.41, 5.74) is 7.36. The molecular weight excluding hydrogens is 233 g/mol. The van der Waals surface area contributed by atoms with E-state index in [0.29, 0.717) is 0 Å². The van der Waals surface area contributed by atoms with E-state index in [1.165, 1.54) is 0 Å². The van der Waals surface area contributed by atoms with Crippen molar-refractivity contribution in [1.29, 1.82) is 0 Å². The number of carboxylic acid groups (broad SMARTS) is 1. The number of carboxylic acids is 1. The molecule has 0 radical (unpaired) electrons. The first-order valence-corrected chi connectivity index (χ1v) is 5.92. The Labute approximate surface area is 105 Å². The maximum Gasteiger partial charge on any atom is 0.455 e. The van der Waals surface area contributed by atoms with E-state index in [1.54, 1.807) is 0 Å². The molecule has 1 aliphatic rings. The highest BCUT2D eigenvalue weighted by atomic mass is 16.4. The van der Waals surface area contributed by atoms with E-state index in [-0.39, 0.29) is 18.2 Å². The molecule has 0 heterocycles. The average Bonchev–Trinajstić information content (AvgIpc) is 3.09. The van der Waals surface area contributed by atoms with Crippen LogP contribution in [-0.4, -0.2) is 34.3 Å². The van der Waals surface area contributed by atoms with Crippen LogP contribution in [0.5, 0.6) is 0 Å². The Hall–Kier alpha value is -1.37. The minimum Gasteiger partial charge on any atom is -0.480 e. The molecule has 2 unspecified atom stereocenters. The van der Waals surface area contributed by atoms with Crippen LogP contribution >= 0.6 is 0 Å². The topological polar surface area (TPSA) is 104 Å². The van der Waals surface area contributed by atoms with Crippen molar-refractivity contribution in [2.75, 3.05) is 0 Å². The molecule has 1 aromatic rings. The lowest BCUT2D eigenvalue weighted by atomic mass is 9.81. The Balaban J connectivity index is 2.05. The Morgan fingerprint density at radius 3 is 2.78 bits per heavy atom. The molecule has 5 N–H and O–H groups in total. The third-order valence-corrected chi connectivity index (χ3v) is 3.37. The molecule has 0 aliphatic heterocycles. The molecule has 0 bridgehead atoms. The fourth-order valence-corrected chi connectivity index (χ4v) is 2.22. The van der Waals surface area contributed by atoms with Gasteiger partial charge in [0.25, 0.3) is 0 Å². The molecule has 0 amide bonds. The van der Waals surface area contributed by atoms with Crippen LogP contribution < -0.4 is 5.73 Å². The number of aliphatic carboxylic acids is 1. The van der Waals surface area contributed by atoms with E-state index < -0.39 is 19.1 Å². The maximum atomic E-state index is 10.7. The third kappa shape index (κ3) is 2.90. The molecule has 2 rings (SSSR count). The summed E-state index contributed by atoms with van der Waals surface area (Å²) in [4.78, 5) is 10.7. The Morgan fingerprint density at radius 2 is 2.22 bits per heavy atom. The van der Waals surface area contributed by atoms with Gasteiger partial charge in [-0.05, 0) is 29.9 Å². The first kappa shape index (κ1) is 13.1. The van der Waals surface area contributed by atoms with Gasteiger partial charge in [-0.15, -0.1) is 0 Å². The molecule has 5 nitrogen and oxygen atoms in total. The van der Waals surface area contributed by atoms with Crippen LogP contribution in [0.4, 0.5) is 0 Å². The van der Waals surface area contributed by atoms with Gasteiger partial charge in [-0.1, -0.05) is 24.3 Å². The molecule has 0 saturated heterocycles. The van der Waals surface area contributed by atoms with E-state index in [1.807, 2.05) is 24.3 Å². The van der Waals surface area contributed by atoms with Gasteiger partial charge in [-0.3, -0.25) is 4.79 Å². The van der Waals surface area contributed by atoms with Gasteiger partial charge < -0.3 is 20.9 Å². The fraction of sp³-hybridized carbons (Fsp3) is 0.417. The van der Waals surface area contributed by atoms with Gasteiger partial charge >= 0.3 is 13.1 Å². The second-order valence-corrected chi connectivity index (χ2v) is 4.81. The fourth-order valence-electron chi connectivity index (χ4n) is 2.22. The zero-order chi connectivity index (χ0) is 13.3. The summed E-state index contributed by atoms with van der Waals surface area (Å²) in [5, 5.41) is 26.9. The molecule has 96 valence electrons. The van der Waals surface area contributed by atoms with E-state index in [9.17, 15) is 4.79 Å². The van der Waals surface area contributed by atoms with Crippen molar-refractivity contribution in [2.45, 2.75) is 30.6 Å². The van der Waals surface area contributed by atoms with Crippen molar-refractivity contribution >= 4 is 13.1 Å². The molecule has 0 aromatic heterocycles. The lowest BCUT2D eigenvalue weighted by Crippen LogP contribution is -2.32. The average molecular weight is 249 g/mol. The zero-order valence-electron chi connectivity index (χ0n) is 9.86. The molecule has 0 spiro atoms. The smallest absolute Gasteiger partial charge is 0.455 e. The highest BCUT2D eigenvalue weighted by Crippen LogP contribution is 2.53. The number of rotatable bonds is 5. The summed E-state index contributed by atoms with van der Waals surface area (Å²) in [5.74, 6) is -0.963. The molecule has 1 aromatic carbocycles. The number of carbonyl (C=O) groups is 1. The second kappa shape index (κ2) is 5.10. The Kier molecular flexibility index (Phi) is 3.70. The monoisotopic (exact) mass is 249 g/mol. The predicted molar refractivity (Wildman–Crippen MR) is 67.1 cm³/mol. The van der Waals surface area contributed by atoms with E-state index in [4.69, 9.17) is 20.9 Å². The first-order valence-electron chi connectivity index (χ1n) is 5.92. The standard InChI is InChI=1S/C12H16BNO4/c14-11(12(15)16)5-7-2-1-3-8(4-7)9-6-10(9)13(17)18/h1-4,9-11,17-18H,5-6,14H2,(H,15,16)/t9?,10?,11-/m0/s1. The van der Waals surface area contributed by atoms with Crippen molar-refractivity contribution < 1.29 is 19.9 Å². The highest BCUT2D eigenvalue weighted by molar-refractivity contribution is 6.44. The number of benzene rings is 1. The molecule has 1 fully saturated rings. The quantitative estimate of drug-likeness (QED) is 0.548. The van der Waals surface area contributed by atoms with Gasteiger partial charge in [-0.25, -0.2) is 0 Å². The zero-order valence-corrected chi connectivity index (χ0v) is 9.86. The Bertz CT molecular complexity index is 451. The van der Waals surface area contributed by atoms with Gasteiger partial charge in [0, 0.05) is 5.82 Å². The number of hydrogen-bond acceptors (Lipinski definition) is 4. The molecular formula is C12H16BNO4. The van der Waals surface area contributed by atoms with Crippen LogP contribution in [0.3, 0.4) is 0 Å². The van der Waals surface area contributed by atoms with Crippen LogP contribution in [0.15, 0.2) is 24.3 Å². The molecule has 18 heavy (non-hydrogen) atoms. The largest absolute Gasteiger partial charge is 0.480 e. The van der Waals surface area contributed by atoms with Gasteiger partial charge in [-0.2, -0.15) is 0 Å². The van der Waals surface area contributed by atoms with Crippen molar-refractivity contribution in [3.63, 3.8) is 0 Å². The van der Waals surface area contributed by atoms with Crippen molar-refractivity contribution in [3.05, 3.63) is 35.4 Å². The summed E-state index contributed by atoms with van der Waals surface area (Å²) in [6, 6.07) is 6.59. The molecule has 1 aliphatic carbocycles. The van der Waals surface area contributed by atoms with Crippen LogP contribution in [0.1, 0.15) is 23.5 Å². The summed E-state index contributed by atoms with van der Waals surface area (Å²) in [6.45, 7) is 0. The van der Waals surface area contributed by atoms with Gasteiger partial charge in [0.15, 0.2) is 0 Å². The van der Waals surface area contributed by atoms with E-state index in [2.05, 4.69) is 0 Å². The van der Waals surface area contributed by atoms with Gasteiger partial charge in [0.1, 0.15) is 6.04 Å². The van der Waals surface area contributed by atoms with Crippen LogP contribution in [0.25, 0.3) is 0 Å². The van der Waals surface area contributed by atoms with Crippen LogP contribution in [0.2, 0.25) is 5.82 Å². The van der Waals surface area contributed by atoms with Gasteiger partial charge in [0.2, 0.25) is 0 Å². The van der Waals surface area contributed by atoms with Gasteiger partial charge in [0.05, 0.1) is 0 Å². The summed E-state index contributed by atoms with van der Waals surface area (Å²) >= 11 is 0. The summed E-state index contributed by atoms with van der Waals surface area (Å²) in [6.07, 6.45) is 1.04. The van der Waals surface area contributed by atoms with Crippen molar-refractivity contribution in [3.8, 4) is 0 Å².